The minimum Gasteiger partial charge on any atom is -0.414 e. The van der Waals surface area contributed by atoms with Crippen LogP contribution in [0.3, 0.4) is 0 Å². The molecule has 0 bridgehead atoms. The molecule has 0 aliphatic heterocycles. The molecule has 2 aromatic rings. The maximum absolute atomic E-state index is 12.7. The van der Waals surface area contributed by atoms with Crippen molar-refractivity contribution in [1.29, 1.82) is 0 Å². The first-order valence-electron chi connectivity index (χ1n) is 11.1. The van der Waals surface area contributed by atoms with Crippen molar-refractivity contribution in [2.45, 2.75) is 70.4 Å². The third-order valence-electron chi connectivity index (χ3n) is 6.14. The molecule has 0 N–H and O–H groups in total. The standard InChI is InChI=1S/C25H38O5SSi/c1-20-13-15-24(16-14-20)31(26,27)29-19-23(18-28-17-22-11-9-8-10-12-22)21(2)30-32(6,7)25(3,4)5/h8-16,21,23H,17-19H2,1-7H3/t21-,23+/m1/s1. The van der Waals surface area contributed by atoms with Crippen LogP contribution in [0, 0.1) is 12.8 Å². The summed E-state index contributed by atoms with van der Waals surface area (Å²) in [6.07, 6.45) is -0.208. The number of hydrogen-bond donors (Lipinski definition) is 0. The zero-order valence-electron chi connectivity index (χ0n) is 20.4. The Morgan fingerprint density at radius 1 is 0.938 bits per heavy atom. The quantitative estimate of drug-likeness (QED) is 0.295. The summed E-state index contributed by atoms with van der Waals surface area (Å²) in [7, 11) is -5.89. The van der Waals surface area contributed by atoms with Gasteiger partial charge >= 0.3 is 0 Å². The van der Waals surface area contributed by atoms with Crippen LogP contribution in [0.4, 0.5) is 0 Å². The van der Waals surface area contributed by atoms with Crippen LogP contribution >= 0.6 is 0 Å². The second kappa shape index (κ2) is 11.1. The van der Waals surface area contributed by atoms with Crippen LogP contribution in [0.1, 0.15) is 38.8 Å². The predicted molar refractivity (Wildman–Crippen MR) is 132 cm³/mol. The van der Waals surface area contributed by atoms with Crippen LogP contribution in [-0.4, -0.2) is 36.1 Å². The molecule has 0 unspecified atom stereocenters. The molecule has 32 heavy (non-hydrogen) atoms. The van der Waals surface area contributed by atoms with E-state index in [1.165, 1.54) is 0 Å². The summed E-state index contributed by atoms with van der Waals surface area (Å²) in [5, 5.41) is 0.0472. The van der Waals surface area contributed by atoms with Crippen LogP contribution < -0.4 is 0 Å². The molecular weight excluding hydrogens is 440 g/mol. The minimum absolute atomic E-state index is 0.000783. The second-order valence-electron chi connectivity index (χ2n) is 9.90. The van der Waals surface area contributed by atoms with E-state index < -0.39 is 18.4 Å². The first-order chi connectivity index (χ1) is 14.8. The fourth-order valence-corrected chi connectivity index (χ4v) is 5.34. The summed E-state index contributed by atoms with van der Waals surface area (Å²) >= 11 is 0. The van der Waals surface area contributed by atoms with Crippen molar-refractivity contribution >= 4 is 18.4 Å². The zero-order chi connectivity index (χ0) is 24.0. The zero-order valence-corrected chi connectivity index (χ0v) is 22.2. The fourth-order valence-electron chi connectivity index (χ4n) is 2.91. The van der Waals surface area contributed by atoms with Gasteiger partial charge in [-0.3, -0.25) is 4.18 Å². The summed E-state index contributed by atoms with van der Waals surface area (Å²) < 4.78 is 43.4. The number of hydrogen-bond acceptors (Lipinski definition) is 5. The monoisotopic (exact) mass is 478 g/mol. The van der Waals surface area contributed by atoms with Crippen molar-refractivity contribution in [2.75, 3.05) is 13.2 Å². The Bertz CT molecular complexity index is 935. The van der Waals surface area contributed by atoms with Crippen molar-refractivity contribution in [1.82, 2.24) is 0 Å². The average Bonchev–Trinajstić information content (AvgIpc) is 2.70. The molecule has 5 nitrogen and oxygen atoms in total. The van der Waals surface area contributed by atoms with E-state index in [4.69, 9.17) is 13.3 Å². The highest BCUT2D eigenvalue weighted by Gasteiger charge is 2.40. The van der Waals surface area contributed by atoms with E-state index in [2.05, 4.69) is 33.9 Å². The van der Waals surface area contributed by atoms with Gasteiger partial charge in [-0.25, -0.2) is 0 Å². The van der Waals surface area contributed by atoms with E-state index in [0.717, 1.165) is 11.1 Å². The molecule has 0 aromatic heterocycles. The van der Waals surface area contributed by atoms with Crippen molar-refractivity contribution in [2.24, 2.45) is 5.92 Å². The summed E-state index contributed by atoms with van der Waals surface area (Å²) in [4.78, 5) is 0.157. The van der Waals surface area contributed by atoms with Gasteiger partial charge in [0, 0.05) is 12.0 Å². The molecule has 0 saturated carbocycles. The summed E-state index contributed by atoms with van der Waals surface area (Å²) in [6.45, 7) is 15.6. The van der Waals surface area contributed by atoms with Gasteiger partial charge in [-0.15, -0.1) is 0 Å². The number of aryl methyl sites for hydroxylation is 1. The van der Waals surface area contributed by atoms with Gasteiger partial charge in [-0.1, -0.05) is 68.8 Å². The van der Waals surface area contributed by atoms with Crippen molar-refractivity contribution < 1.29 is 21.8 Å². The molecule has 0 saturated heterocycles. The molecule has 2 rings (SSSR count). The Balaban J connectivity index is 2.10. The van der Waals surface area contributed by atoms with Gasteiger partial charge in [0.25, 0.3) is 10.1 Å². The molecule has 0 heterocycles. The molecule has 178 valence electrons. The molecule has 2 aromatic carbocycles. The van der Waals surface area contributed by atoms with Crippen LogP contribution in [0.2, 0.25) is 18.1 Å². The maximum atomic E-state index is 12.7. The average molecular weight is 479 g/mol. The van der Waals surface area contributed by atoms with Crippen LogP contribution in [0.25, 0.3) is 0 Å². The minimum atomic E-state index is -3.85. The SMILES string of the molecule is Cc1ccc(S(=O)(=O)OC[C@H](COCc2ccccc2)[C@@H](C)O[Si](C)(C)C(C)(C)C)cc1. The third-order valence-corrected chi connectivity index (χ3v) is 12.0. The maximum Gasteiger partial charge on any atom is 0.296 e. The molecule has 0 aliphatic carbocycles. The number of benzene rings is 2. The van der Waals surface area contributed by atoms with Gasteiger partial charge in [0.2, 0.25) is 0 Å². The van der Waals surface area contributed by atoms with Gasteiger partial charge in [-0.05, 0) is 49.7 Å². The Kier molecular flexibility index (Phi) is 9.25. The highest BCUT2D eigenvalue weighted by molar-refractivity contribution is 7.86. The molecule has 7 heteroatoms. The Labute approximate surface area is 195 Å². The van der Waals surface area contributed by atoms with Gasteiger partial charge in [0.1, 0.15) is 0 Å². The topological polar surface area (TPSA) is 61.8 Å². The van der Waals surface area contributed by atoms with Gasteiger partial charge in [-0.2, -0.15) is 8.42 Å². The van der Waals surface area contributed by atoms with Crippen molar-refractivity contribution in [3.8, 4) is 0 Å². The lowest BCUT2D eigenvalue weighted by molar-refractivity contribution is 0.0141. The molecule has 0 fully saturated rings. The smallest absolute Gasteiger partial charge is 0.296 e. The molecule has 0 amide bonds. The lowest BCUT2D eigenvalue weighted by atomic mass is 10.1. The molecular formula is C25H38O5SSi. The Hall–Kier alpha value is -1.51. The lowest BCUT2D eigenvalue weighted by Gasteiger charge is -2.40. The Morgan fingerprint density at radius 3 is 2.09 bits per heavy atom. The summed E-state index contributed by atoms with van der Waals surface area (Å²) in [5.74, 6) is -0.229. The van der Waals surface area contributed by atoms with Crippen LogP contribution in [0.15, 0.2) is 59.5 Å². The first-order valence-corrected chi connectivity index (χ1v) is 15.4. The fraction of sp³-hybridized carbons (Fsp3) is 0.520. The second-order valence-corrected chi connectivity index (χ2v) is 16.3. The van der Waals surface area contributed by atoms with Crippen LogP contribution in [0.5, 0.6) is 0 Å². The molecule has 0 aliphatic rings. The van der Waals surface area contributed by atoms with Gasteiger partial charge in [0.15, 0.2) is 8.32 Å². The molecule has 0 radical (unpaired) electrons. The number of ether oxygens (including phenoxy) is 1. The normalized spacial score (nSPS) is 14.8. The molecule has 2 atom stereocenters. The number of rotatable bonds is 11. The van der Waals surface area contributed by atoms with E-state index in [-0.39, 0.29) is 28.6 Å². The third kappa shape index (κ3) is 7.81. The van der Waals surface area contributed by atoms with E-state index >= 15 is 0 Å². The largest absolute Gasteiger partial charge is 0.414 e. The van der Waals surface area contributed by atoms with E-state index in [1.54, 1.807) is 24.3 Å². The van der Waals surface area contributed by atoms with Crippen molar-refractivity contribution in [3.05, 3.63) is 65.7 Å². The predicted octanol–water partition coefficient (Wildman–Crippen LogP) is 5.94. The first kappa shape index (κ1) is 26.7. The summed E-state index contributed by atoms with van der Waals surface area (Å²) in [5.41, 5.74) is 2.06. The van der Waals surface area contributed by atoms with Crippen molar-refractivity contribution in [3.63, 3.8) is 0 Å². The van der Waals surface area contributed by atoms with E-state index in [9.17, 15) is 8.42 Å². The van der Waals surface area contributed by atoms with Gasteiger partial charge in [0.05, 0.1) is 24.7 Å². The van der Waals surface area contributed by atoms with E-state index in [1.807, 2.05) is 44.2 Å². The van der Waals surface area contributed by atoms with Gasteiger partial charge < -0.3 is 9.16 Å². The molecule has 0 spiro atoms. The van der Waals surface area contributed by atoms with E-state index in [0.29, 0.717) is 13.2 Å². The highest BCUT2D eigenvalue weighted by atomic mass is 32.2. The lowest BCUT2D eigenvalue weighted by Crippen LogP contribution is -2.46. The summed E-state index contributed by atoms with van der Waals surface area (Å²) in [6, 6.07) is 16.6. The van der Waals surface area contributed by atoms with Crippen LogP contribution in [-0.2, 0) is 30.1 Å². The Morgan fingerprint density at radius 2 is 1.53 bits per heavy atom. The highest BCUT2D eigenvalue weighted by Crippen LogP contribution is 2.38.